The summed E-state index contributed by atoms with van der Waals surface area (Å²) in [5.74, 6) is 0.373. The number of nitrogens with one attached hydrogen (secondary N) is 1. The first-order chi connectivity index (χ1) is 10.1. The molecule has 1 aromatic rings. The van der Waals surface area contributed by atoms with Crippen molar-refractivity contribution in [3.05, 3.63) is 17.3 Å². The molecule has 1 N–H and O–H groups in total. The number of aromatic nitrogens is 2. The standard InChI is InChI=1S/C13H19N3O2S.C2H6/c1-5-14-12-10(7-8-11(17)18-6-2)9(3)15-13(16-12)19-4;1-2/h7-8H,5-6H2,1-4H3,(H,14,15,16);1-2H3/b8-7+;. The number of hydrogen-bond donors (Lipinski definition) is 1. The van der Waals surface area contributed by atoms with Crippen LogP contribution in [0.1, 0.15) is 39.0 Å². The Morgan fingerprint density at radius 2 is 2.00 bits per heavy atom. The van der Waals surface area contributed by atoms with Gasteiger partial charge in [0.15, 0.2) is 5.16 Å². The van der Waals surface area contributed by atoms with Crippen molar-refractivity contribution in [2.45, 2.75) is 39.8 Å². The average Bonchev–Trinajstić information content (AvgIpc) is 2.48. The fourth-order valence-electron chi connectivity index (χ4n) is 1.49. The largest absolute Gasteiger partial charge is 0.463 e. The van der Waals surface area contributed by atoms with Gasteiger partial charge in [-0.3, -0.25) is 0 Å². The summed E-state index contributed by atoms with van der Waals surface area (Å²) in [6, 6.07) is 0. The van der Waals surface area contributed by atoms with Crippen LogP contribution in [0.3, 0.4) is 0 Å². The maximum Gasteiger partial charge on any atom is 0.330 e. The number of carbonyl (C=O) groups excluding carboxylic acids is 1. The van der Waals surface area contributed by atoms with E-state index in [9.17, 15) is 4.79 Å². The highest BCUT2D eigenvalue weighted by atomic mass is 32.2. The van der Waals surface area contributed by atoms with E-state index < -0.39 is 0 Å². The molecule has 5 nitrogen and oxygen atoms in total. The highest BCUT2D eigenvalue weighted by molar-refractivity contribution is 7.98. The topological polar surface area (TPSA) is 64.1 Å². The molecule has 0 bridgehead atoms. The fourth-order valence-corrected chi connectivity index (χ4v) is 1.90. The third-order valence-electron chi connectivity index (χ3n) is 2.32. The summed E-state index contributed by atoms with van der Waals surface area (Å²) in [6.45, 7) is 10.8. The Morgan fingerprint density at radius 3 is 2.52 bits per heavy atom. The number of hydrogen-bond acceptors (Lipinski definition) is 6. The lowest BCUT2D eigenvalue weighted by Crippen LogP contribution is -2.06. The third kappa shape index (κ3) is 6.62. The zero-order valence-corrected chi connectivity index (χ0v) is 14.5. The van der Waals surface area contributed by atoms with Crippen LogP contribution in [0.4, 0.5) is 5.82 Å². The van der Waals surface area contributed by atoms with E-state index in [2.05, 4.69) is 15.3 Å². The number of aryl methyl sites for hydroxylation is 1. The van der Waals surface area contributed by atoms with Gasteiger partial charge in [0.1, 0.15) is 5.82 Å². The lowest BCUT2D eigenvalue weighted by molar-refractivity contribution is -0.137. The van der Waals surface area contributed by atoms with Gasteiger partial charge in [-0.25, -0.2) is 14.8 Å². The number of anilines is 1. The number of ether oxygens (including phenoxy) is 1. The SMILES string of the molecule is CC.CCNc1nc(SC)nc(C)c1/C=C/C(=O)OCC. The maximum atomic E-state index is 11.3. The molecule has 118 valence electrons. The van der Waals surface area contributed by atoms with Crippen LogP contribution in [0.25, 0.3) is 6.08 Å². The number of esters is 1. The normalized spacial score (nSPS) is 10.0. The molecule has 0 aromatic carbocycles. The Morgan fingerprint density at radius 1 is 1.33 bits per heavy atom. The molecule has 0 saturated heterocycles. The second kappa shape index (κ2) is 11.1. The quantitative estimate of drug-likeness (QED) is 0.375. The predicted molar refractivity (Wildman–Crippen MR) is 89.7 cm³/mol. The Kier molecular flexibility index (Phi) is 10.3. The zero-order chi connectivity index (χ0) is 16.3. The monoisotopic (exact) mass is 311 g/mol. The fraction of sp³-hybridized carbons (Fsp3) is 0.533. The van der Waals surface area contributed by atoms with Crippen LogP contribution in [-0.4, -0.2) is 35.3 Å². The van der Waals surface area contributed by atoms with E-state index in [0.717, 1.165) is 23.6 Å². The number of nitrogens with zero attached hydrogens (tertiary/aromatic N) is 2. The van der Waals surface area contributed by atoms with Crippen LogP contribution in [0.2, 0.25) is 0 Å². The Bertz CT molecular complexity index is 476. The zero-order valence-electron chi connectivity index (χ0n) is 13.7. The Hall–Kier alpha value is -1.56. The Labute approximate surface area is 131 Å². The van der Waals surface area contributed by atoms with Gasteiger partial charge in [0.2, 0.25) is 0 Å². The van der Waals surface area contributed by atoms with Crippen molar-refractivity contribution in [2.24, 2.45) is 0 Å². The molecular formula is C15H25N3O2S. The number of thioether (sulfide) groups is 1. The molecule has 0 fully saturated rings. The van der Waals surface area contributed by atoms with E-state index in [1.54, 1.807) is 13.0 Å². The van der Waals surface area contributed by atoms with E-state index in [0.29, 0.717) is 11.8 Å². The van der Waals surface area contributed by atoms with Gasteiger partial charge in [-0.1, -0.05) is 25.6 Å². The second-order valence-electron chi connectivity index (χ2n) is 3.67. The third-order valence-corrected chi connectivity index (χ3v) is 2.86. The van der Waals surface area contributed by atoms with Crippen LogP contribution >= 0.6 is 11.8 Å². The van der Waals surface area contributed by atoms with Gasteiger partial charge in [0.05, 0.1) is 12.3 Å². The molecular weight excluding hydrogens is 286 g/mol. The first kappa shape index (κ1) is 19.4. The molecule has 1 rings (SSSR count). The van der Waals surface area contributed by atoms with E-state index >= 15 is 0 Å². The molecule has 0 aliphatic heterocycles. The summed E-state index contributed by atoms with van der Waals surface area (Å²) < 4.78 is 4.86. The van der Waals surface area contributed by atoms with Crippen LogP contribution in [0.15, 0.2) is 11.2 Å². The van der Waals surface area contributed by atoms with Crippen molar-refractivity contribution < 1.29 is 9.53 Å². The molecule has 1 heterocycles. The Balaban J connectivity index is 0.00000191. The summed E-state index contributed by atoms with van der Waals surface area (Å²) in [5, 5.41) is 3.89. The van der Waals surface area contributed by atoms with Crippen molar-refractivity contribution in [1.29, 1.82) is 0 Å². The molecule has 21 heavy (non-hydrogen) atoms. The van der Waals surface area contributed by atoms with Crippen molar-refractivity contribution in [1.82, 2.24) is 9.97 Å². The first-order valence-corrected chi connectivity index (χ1v) is 8.36. The van der Waals surface area contributed by atoms with E-state index in [1.807, 2.05) is 34.0 Å². The summed E-state index contributed by atoms with van der Waals surface area (Å²) >= 11 is 1.49. The van der Waals surface area contributed by atoms with Crippen LogP contribution in [-0.2, 0) is 9.53 Å². The summed E-state index contributed by atoms with van der Waals surface area (Å²) in [5.41, 5.74) is 1.64. The summed E-state index contributed by atoms with van der Waals surface area (Å²) in [6.07, 6.45) is 5.02. The highest BCUT2D eigenvalue weighted by Gasteiger charge is 2.09. The maximum absolute atomic E-state index is 11.3. The van der Waals surface area contributed by atoms with Crippen molar-refractivity contribution >= 4 is 29.6 Å². The molecule has 0 amide bonds. The van der Waals surface area contributed by atoms with E-state index in [4.69, 9.17) is 4.74 Å². The molecule has 0 atom stereocenters. The minimum absolute atomic E-state index is 0.363. The lowest BCUT2D eigenvalue weighted by atomic mass is 10.2. The molecule has 0 aliphatic carbocycles. The molecule has 0 radical (unpaired) electrons. The van der Waals surface area contributed by atoms with Gasteiger partial charge in [0, 0.05) is 18.2 Å². The van der Waals surface area contributed by atoms with Crippen molar-refractivity contribution in [3.63, 3.8) is 0 Å². The molecule has 0 spiro atoms. The van der Waals surface area contributed by atoms with E-state index in [-0.39, 0.29) is 5.97 Å². The van der Waals surface area contributed by atoms with Crippen LogP contribution < -0.4 is 5.32 Å². The minimum atomic E-state index is -0.363. The first-order valence-electron chi connectivity index (χ1n) is 7.13. The molecule has 0 aliphatic rings. The average molecular weight is 311 g/mol. The van der Waals surface area contributed by atoms with E-state index in [1.165, 1.54) is 17.8 Å². The molecule has 0 unspecified atom stereocenters. The smallest absolute Gasteiger partial charge is 0.330 e. The van der Waals surface area contributed by atoms with Gasteiger partial charge < -0.3 is 10.1 Å². The molecule has 1 aromatic heterocycles. The van der Waals surface area contributed by atoms with Crippen molar-refractivity contribution in [3.8, 4) is 0 Å². The van der Waals surface area contributed by atoms with Crippen molar-refractivity contribution in [2.75, 3.05) is 24.7 Å². The number of carbonyl (C=O) groups is 1. The number of rotatable bonds is 6. The molecule has 6 heteroatoms. The predicted octanol–water partition coefficient (Wildman–Crippen LogP) is 3.54. The lowest BCUT2D eigenvalue weighted by Gasteiger charge is -2.10. The molecule has 0 saturated carbocycles. The van der Waals surface area contributed by atoms with Gasteiger partial charge >= 0.3 is 5.97 Å². The highest BCUT2D eigenvalue weighted by Crippen LogP contribution is 2.21. The van der Waals surface area contributed by atoms with Crippen LogP contribution in [0.5, 0.6) is 0 Å². The van der Waals surface area contributed by atoms with Crippen LogP contribution in [0, 0.1) is 6.92 Å². The summed E-state index contributed by atoms with van der Waals surface area (Å²) in [7, 11) is 0. The second-order valence-corrected chi connectivity index (χ2v) is 4.45. The van der Waals surface area contributed by atoms with Gasteiger partial charge in [-0.05, 0) is 33.1 Å². The van der Waals surface area contributed by atoms with Gasteiger partial charge in [-0.15, -0.1) is 0 Å². The summed E-state index contributed by atoms with van der Waals surface area (Å²) in [4.78, 5) is 20.1. The van der Waals surface area contributed by atoms with Gasteiger partial charge in [-0.2, -0.15) is 0 Å². The minimum Gasteiger partial charge on any atom is -0.463 e. The van der Waals surface area contributed by atoms with Gasteiger partial charge in [0.25, 0.3) is 0 Å².